The van der Waals surface area contributed by atoms with E-state index in [2.05, 4.69) is 44.6 Å². The highest BCUT2D eigenvalue weighted by Crippen LogP contribution is 2.39. The molecule has 1 amide bonds. The van der Waals surface area contributed by atoms with Crippen LogP contribution >= 0.6 is 0 Å². The van der Waals surface area contributed by atoms with Gasteiger partial charge in [-0.05, 0) is 66.3 Å². The zero-order valence-corrected chi connectivity index (χ0v) is 24.8. The van der Waals surface area contributed by atoms with E-state index in [1.807, 2.05) is 29.8 Å². The number of nitrogens with one attached hydrogen (secondary N) is 1. The molecule has 2 saturated heterocycles. The summed E-state index contributed by atoms with van der Waals surface area (Å²) in [6, 6.07) is 10.3. The predicted molar refractivity (Wildman–Crippen MR) is 163 cm³/mol. The molecule has 1 aromatic carbocycles. The molecule has 0 spiro atoms. The van der Waals surface area contributed by atoms with Crippen LogP contribution in [0.5, 0.6) is 0 Å². The minimum atomic E-state index is -0.337. The maximum atomic E-state index is 14.1. The average molecular weight is 583 g/mol. The van der Waals surface area contributed by atoms with E-state index in [9.17, 15) is 4.79 Å². The van der Waals surface area contributed by atoms with Crippen LogP contribution in [-0.2, 0) is 36.7 Å². The molecular formula is C31H38N10O2. The van der Waals surface area contributed by atoms with Gasteiger partial charge in [0, 0.05) is 49.6 Å². The topological polar surface area (TPSA) is 151 Å². The molecule has 5 heterocycles. The minimum Gasteiger partial charge on any atom is -0.379 e. The minimum absolute atomic E-state index is 0.102. The Bertz CT molecular complexity index is 1570. The number of piperidine rings is 1. The predicted octanol–water partition coefficient (Wildman–Crippen LogP) is 2.73. The summed E-state index contributed by atoms with van der Waals surface area (Å²) in [4.78, 5) is 23.1. The smallest absolute Gasteiger partial charge is 0.260 e. The highest BCUT2D eigenvalue weighted by atomic mass is 16.5. The summed E-state index contributed by atoms with van der Waals surface area (Å²) < 4.78 is 7.64. The molecule has 0 unspecified atom stereocenters. The molecule has 1 atom stereocenters. The lowest BCUT2D eigenvalue weighted by Gasteiger charge is -2.42. The van der Waals surface area contributed by atoms with Crippen molar-refractivity contribution in [3.63, 3.8) is 0 Å². The Labute approximate surface area is 251 Å². The van der Waals surface area contributed by atoms with E-state index >= 15 is 0 Å². The van der Waals surface area contributed by atoms with E-state index in [-0.39, 0.29) is 11.3 Å². The fourth-order valence-electron chi connectivity index (χ4n) is 6.45. The first-order valence-electron chi connectivity index (χ1n) is 14.9. The summed E-state index contributed by atoms with van der Waals surface area (Å²) in [5.41, 5.74) is 4.14. The van der Waals surface area contributed by atoms with Gasteiger partial charge in [0.2, 0.25) is 0 Å². The number of ether oxygens (including phenoxy) is 1. The summed E-state index contributed by atoms with van der Waals surface area (Å²) in [5.74, 6) is 8.19. The second-order valence-electron chi connectivity index (χ2n) is 12.1. The highest BCUT2D eigenvalue weighted by molar-refractivity contribution is 6.11. The van der Waals surface area contributed by atoms with Crippen molar-refractivity contribution in [1.82, 2.24) is 24.6 Å². The number of carbonyl (C=O) groups is 1. The van der Waals surface area contributed by atoms with Crippen molar-refractivity contribution in [2.24, 2.45) is 23.9 Å². The summed E-state index contributed by atoms with van der Waals surface area (Å²) >= 11 is 0. The SMILES string of the molecule is C[C@H]1CCCN(Cc2cc(/C=N/N)c3c(c2)C(=O)N(c2cc(C4(Cc5nncn5C)COC4)cc(NCCC#N)n2)C3)C1. The summed E-state index contributed by atoms with van der Waals surface area (Å²) in [6.45, 7) is 7.02. The lowest BCUT2D eigenvalue weighted by Crippen LogP contribution is -2.49. The molecule has 12 heteroatoms. The summed E-state index contributed by atoms with van der Waals surface area (Å²) in [5, 5.41) is 24.6. The Kier molecular flexibility index (Phi) is 8.10. The highest BCUT2D eigenvalue weighted by Gasteiger charge is 2.43. The number of nitrogens with two attached hydrogens (primary N) is 1. The van der Waals surface area contributed by atoms with Crippen LogP contribution < -0.4 is 16.1 Å². The van der Waals surface area contributed by atoms with Crippen molar-refractivity contribution in [2.75, 3.05) is 43.1 Å². The van der Waals surface area contributed by atoms with Gasteiger partial charge in [0.25, 0.3) is 5.91 Å². The van der Waals surface area contributed by atoms with Crippen molar-refractivity contribution >= 4 is 23.8 Å². The van der Waals surface area contributed by atoms with Gasteiger partial charge < -0.3 is 20.5 Å². The van der Waals surface area contributed by atoms with Gasteiger partial charge in [-0.1, -0.05) is 6.92 Å². The number of hydrogen-bond acceptors (Lipinski definition) is 10. The van der Waals surface area contributed by atoms with Crippen LogP contribution in [0.3, 0.4) is 0 Å². The van der Waals surface area contributed by atoms with Crippen LogP contribution in [-0.4, -0.2) is 69.6 Å². The van der Waals surface area contributed by atoms with Gasteiger partial charge in [-0.25, -0.2) is 4.98 Å². The standard InChI is InChI=1S/C31H38N10O2/c1-21-5-3-8-40(15-21)16-22-9-23(14-35-33)26-17-41(30(42)25(26)10-22)28-12-24(11-27(37-28)34-7-4-6-32)31(18-43-19-31)13-29-38-36-20-39(29)2/h9-12,14,20-21H,3-5,7-8,13,15-19,33H2,1-2H3,(H,34,37)/b35-14+/t21-/m0/s1. The molecule has 43 heavy (non-hydrogen) atoms. The van der Waals surface area contributed by atoms with Crippen molar-refractivity contribution in [3.05, 3.63) is 64.2 Å². The number of benzene rings is 1. The normalized spacial score (nSPS) is 19.8. The molecule has 0 radical (unpaired) electrons. The lowest BCUT2D eigenvalue weighted by atomic mass is 9.75. The number of anilines is 2. The van der Waals surface area contributed by atoms with Gasteiger partial charge in [0.15, 0.2) is 0 Å². The number of carbonyl (C=O) groups excluding carboxylic acids is 1. The Morgan fingerprint density at radius 3 is 2.86 bits per heavy atom. The third-order valence-corrected chi connectivity index (χ3v) is 8.80. The first-order valence-corrected chi connectivity index (χ1v) is 14.9. The number of rotatable bonds is 10. The molecule has 3 aliphatic heterocycles. The van der Waals surface area contributed by atoms with Crippen LogP contribution in [0.4, 0.5) is 11.6 Å². The first-order chi connectivity index (χ1) is 20.9. The number of fused-ring (bicyclic) bond motifs is 1. The summed E-state index contributed by atoms with van der Waals surface area (Å²) in [6.07, 6.45) is 6.74. The van der Waals surface area contributed by atoms with Gasteiger partial charge in [0.05, 0.1) is 38.5 Å². The molecule has 2 aromatic heterocycles. The number of pyridine rings is 1. The third kappa shape index (κ3) is 5.83. The average Bonchev–Trinajstić information content (AvgIpc) is 3.53. The van der Waals surface area contributed by atoms with Crippen molar-refractivity contribution in [2.45, 2.75) is 51.1 Å². The second-order valence-corrected chi connectivity index (χ2v) is 12.1. The third-order valence-electron chi connectivity index (χ3n) is 8.80. The van der Waals surface area contributed by atoms with Crippen LogP contribution in [0.15, 0.2) is 35.7 Å². The molecule has 0 saturated carbocycles. The molecule has 3 N–H and O–H groups in total. The van der Waals surface area contributed by atoms with Gasteiger partial charge in [-0.2, -0.15) is 10.4 Å². The Morgan fingerprint density at radius 2 is 2.16 bits per heavy atom. The maximum Gasteiger partial charge on any atom is 0.260 e. The zero-order chi connectivity index (χ0) is 30.0. The van der Waals surface area contributed by atoms with Crippen LogP contribution in [0, 0.1) is 17.2 Å². The van der Waals surface area contributed by atoms with Gasteiger partial charge >= 0.3 is 0 Å². The number of aryl methyl sites for hydroxylation is 1. The van der Waals surface area contributed by atoms with E-state index < -0.39 is 0 Å². The number of likely N-dealkylation sites (tertiary alicyclic amines) is 1. The molecule has 6 rings (SSSR count). The molecule has 12 nitrogen and oxygen atoms in total. The van der Waals surface area contributed by atoms with E-state index in [1.54, 1.807) is 17.4 Å². The van der Waals surface area contributed by atoms with Gasteiger partial charge in [-0.3, -0.25) is 14.6 Å². The van der Waals surface area contributed by atoms with Crippen molar-refractivity contribution in [3.8, 4) is 6.07 Å². The number of amides is 1. The van der Waals surface area contributed by atoms with E-state index in [1.165, 1.54) is 12.8 Å². The summed E-state index contributed by atoms with van der Waals surface area (Å²) in [7, 11) is 1.93. The Morgan fingerprint density at radius 1 is 1.30 bits per heavy atom. The number of hydrogen-bond donors (Lipinski definition) is 2. The molecule has 3 aliphatic rings. The lowest BCUT2D eigenvalue weighted by molar-refractivity contribution is -0.0611. The monoisotopic (exact) mass is 582 g/mol. The molecule has 3 aromatic rings. The van der Waals surface area contributed by atoms with Crippen LogP contribution in [0.2, 0.25) is 0 Å². The maximum absolute atomic E-state index is 14.1. The zero-order valence-electron chi connectivity index (χ0n) is 24.8. The quantitative estimate of drug-likeness (QED) is 0.159. The van der Waals surface area contributed by atoms with Gasteiger partial charge in [0.1, 0.15) is 23.8 Å². The van der Waals surface area contributed by atoms with Crippen molar-refractivity contribution < 1.29 is 9.53 Å². The Balaban J connectivity index is 1.34. The van der Waals surface area contributed by atoms with Crippen molar-refractivity contribution in [1.29, 1.82) is 5.26 Å². The van der Waals surface area contributed by atoms with E-state index in [4.69, 9.17) is 20.8 Å². The fraction of sp³-hybridized carbons (Fsp3) is 0.484. The first kappa shape index (κ1) is 28.8. The van der Waals surface area contributed by atoms with Crippen LogP contribution in [0.25, 0.3) is 0 Å². The number of aromatic nitrogens is 4. The number of nitrogens with zero attached hydrogens (tertiary/aromatic N) is 8. The number of hydrazone groups is 1. The molecular weight excluding hydrogens is 544 g/mol. The van der Waals surface area contributed by atoms with Crippen LogP contribution in [0.1, 0.15) is 64.6 Å². The van der Waals surface area contributed by atoms with E-state index in [0.29, 0.717) is 62.3 Å². The molecule has 2 fully saturated rings. The molecule has 0 aliphatic carbocycles. The largest absolute Gasteiger partial charge is 0.379 e. The Hall–Kier alpha value is -4.34. The van der Waals surface area contributed by atoms with Gasteiger partial charge in [-0.15, -0.1) is 10.2 Å². The molecule has 224 valence electrons. The number of nitriles is 1. The molecule has 0 bridgehead atoms. The van der Waals surface area contributed by atoms with E-state index in [0.717, 1.165) is 47.7 Å². The fourth-order valence-corrected chi connectivity index (χ4v) is 6.45. The second kappa shape index (κ2) is 12.1.